The molecule has 1 aliphatic heterocycles. The van der Waals surface area contributed by atoms with Crippen molar-refractivity contribution in [1.29, 1.82) is 0 Å². The molecule has 3 unspecified atom stereocenters. The molecule has 1 rings (SSSR count). The quantitative estimate of drug-likeness (QED) is 0.554. The summed E-state index contributed by atoms with van der Waals surface area (Å²) < 4.78 is 5.12. The summed E-state index contributed by atoms with van der Waals surface area (Å²) >= 11 is 0. The minimum atomic E-state index is -1.33. The molecule has 0 aromatic heterocycles. The lowest BCUT2D eigenvalue weighted by molar-refractivity contribution is -0.154. The van der Waals surface area contributed by atoms with Gasteiger partial charge in [-0.15, -0.1) is 0 Å². The summed E-state index contributed by atoms with van der Waals surface area (Å²) in [5.41, 5.74) is 5.85. The second-order valence-electron chi connectivity index (χ2n) is 5.89. The Morgan fingerprint density at radius 1 is 1.36 bits per heavy atom. The highest BCUT2D eigenvalue weighted by Crippen LogP contribution is 2.26. The fourth-order valence-electron chi connectivity index (χ4n) is 2.62. The van der Waals surface area contributed by atoms with Gasteiger partial charge in [-0.1, -0.05) is 13.8 Å². The van der Waals surface area contributed by atoms with Crippen LogP contribution in [-0.2, 0) is 19.1 Å². The average Bonchev–Trinajstić information content (AvgIpc) is 2.78. The van der Waals surface area contributed by atoms with Crippen molar-refractivity contribution in [2.75, 3.05) is 6.54 Å². The van der Waals surface area contributed by atoms with E-state index in [9.17, 15) is 19.5 Å². The van der Waals surface area contributed by atoms with E-state index in [2.05, 4.69) is 0 Å². The van der Waals surface area contributed by atoms with Crippen molar-refractivity contribution in [3.05, 3.63) is 0 Å². The van der Waals surface area contributed by atoms with Crippen LogP contribution in [-0.4, -0.2) is 63.8 Å². The number of ether oxygens (including phenoxy) is 1. The number of hydrogen-bond acceptors (Lipinski definition) is 6. The molecule has 0 aliphatic carbocycles. The number of aliphatic carboxylic acids is 1. The molecular formula is C14H24N2O6. The predicted molar refractivity (Wildman–Crippen MR) is 76.7 cm³/mol. The Morgan fingerprint density at radius 2 is 1.95 bits per heavy atom. The van der Waals surface area contributed by atoms with E-state index >= 15 is 0 Å². The standard InChI is InChI=1S/C14H24N2O6/c1-7(2)12(15)14(21)16-5-4-10(22-8(3)17)13(16)9(18)6-11(19)20/h7,9-10,12-13,18H,4-6,15H2,1-3H3,(H,19,20)/t9?,10-,12?,13?/m1/s1. The van der Waals surface area contributed by atoms with Crippen LogP contribution < -0.4 is 5.73 Å². The predicted octanol–water partition coefficient (Wildman–Crippen LogP) is -0.662. The van der Waals surface area contributed by atoms with Gasteiger partial charge in [0.15, 0.2) is 0 Å². The van der Waals surface area contributed by atoms with Crippen molar-refractivity contribution in [2.24, 2.45) is 11.7 Å². The highest BCUT2D eigenvalue weighted by Gasteiger charge is 2.45. The summed E-state index contributed by atoms with van der Waals surface area (Å²) in [6.07, 6.45) is -2.25. The molecule has 1 aliphatic rings. The molecular weight excluding hydrogens is 292 g/mol. The van der Waals surface area contributed by atoms with E-state index in [1.807, 2.05) is 0 Å². The van der Waals surface area contributed by atoms with Gasteiger partial charge in [0.2, 0.25) is 5.91 Å². The van der Waals surface area contributed by atoms with Crippen molar-refractivity contribution in [2.45, 2.75) is 57.9 Å². The van der Waals surface area contributed by atoms with Crippen LogP contribution in [0.25, 0.3) is 0 Å². The molecule has 4 atom stereocenters. The first-order chi connectivity index (χ1) is 10.1. The van der Waals surface area contributed by atoms with E-state index in [4.69, 9.17) is 15.6 Å². The monoisotopic (exact) mass is 316 g/mol. The van der Waals surface area contributed by atoms with Crippen LogP contribution in [0.2, 0.25) is 0 Å². The number of amides is 1. The molecule has 1 amide bonds. The maximum Gasteiger partial charge on any atom is 0.306 e. The van der Waals surface area contributed by atoms with Crippen molar-refractivity contribution >= 4 is 17.8 Å². The van der Waals surface area contributed by atoms with Crippen molar-refractivity contribution in [1.82, 2.24) is 4.90 Å². The number of carboxylic acids is 1. The molecule has 126 valence electrons. The Bertz CT molecular complexity index is 439. The third-order valence-electron chi connectivity index (χ3n) is 3.78. The molecule has 4 N–H and O–H groups in total. The average molecular weight is 316 g/mol. The fourth-order valence-corrected chi connectivity index (χ4v) is 2.62. The Kier molecular flexibility index (Phi) is 6.31. The first-order valence-corrected chi connectivity index (χ1v) is 7.28. The van der Waals surface area contributed by atoms with E-state index in [0.29, 0.717) is 6.42 Å². The molecule has 0 aromatic carbocycles. The summed E-state index contributed by atoms with van der Waals surface area (Å²) in [7, 11) is 0. The molecule has 0 aromatic rings. The lowest BCUT2D eigenvalue weighted by Crippen LogP contribution is -2.54. The van der Waals surface area contributed by atoms with Crippen LogP contribution in [0.1, 0.15) is 33.6 Å². The van der Waals surface area contributed by atoms with Gasteiger partial charge in [-0.3, -0.25) is 14.4 Å². The zero-order chi connectivity index (χ0) is 17.0. The van der Waals surface area contributed by atoms with Gasteiger partial charge in [0.25, 0.3) is 0 Å². The Hall–Kier alpha value is -1.67. The second kappa shape index (κ2) is 7.55. The van der Waals surface area contributed by atoms with Gasteiger partial charge in [-0.05, 0) is 5.92 Å². The summed E-state index contributed by atoms with van der Waals surface area (Å²) in [4.78, 5) is 35.7. The Balaban J connectivity index is 2.97. The number of rotatable bonds is 6. The highest BCUT2D eigenvalue weighted by molar-refractivity contribution is 5.83. The molecule has 0 bridgehead atoms. The molecule has 0 radical (unpaired) electrons. The molecule has 0 spiro atoms. The summed E-state index contributed by atoms with van der Waals surface area (Å²) in [5.74, 6) is -2.21. The molecule has 1 fully saturated rings. The SMILES string of the molecule is CC(=O)O[C@@H]1CCN(C(=O)C(N)C(C)C)C1C(O)CC(=O)O. The van der Waals surface area contributed by atoms with Crippen molar-refractivity contribution < 1.29 is 29.3 Å². The summed E-state index contributed by atoms with van der Waals surface area (Å²) in [6, 6.07) is -1.65. The number of likely N-dealkylation sites (tertiary alicyclic amines) is 1. The van der Waals surface area contributed by atoms with Crippen LogP contribution in [0.4, 0.5) is 0 Å². The number of carbonyl (C=O) groups excluding carboxylic acids is 2. The molecule has 8 nitrogen and oxygen atoms in total. The van der Waals surface area contributed by atoms with Gasteiger partial charge in [-0.25, -0.2) is 0 Å². The van der Waals surface area contributed by atoms with Crippen LogP contribution in [0, 0.1) is 5.92 Å². The largest absolute Gasteiger partial charge is 0.481 e. The molecule has 1 saturated heterocycles. The molecule has 0 saturated carbocycles. The number of carbonyl (C=O) groups is 3. The van der Waals surface area contributed by atoms with Gasteiger partial charge >= 0.3 is 11.9 Å². The van der Waals surface area contributed by atoms with Crippen molar-refractivity contribution in [3.63, 3.8) is 0 Å². The second-order valence-corrected chi connectivity index (χ2v) is 5.89. The van der Waals surface area contributed by atoms with E-state index in [0.717, 1.165) is 0 Å². The molecule has 1 heterocycles. The molecule has 8 heteroatoms. The van der Waals surface area contributed by atoms with Crippen LogP contribution in [0.5, 0.6) is 0 Å². The minimum Gasteiger partial charge on any atom is -0.481 e. The first kappa shape index (κ1) is 18.4. The zero-order valence-corrected chi connectivity index (χ0v) is 13.1. The lowest BCUT2D eigenvalue weighted by atomic mass is 10.00. The van der Waals surface area contributed by atoms with Crippen molar-refractivity contribution in [3.8, 4) is 0 Å². The van der Waals surface area contributed by atoms with Crippen LogP contribution >= 0.6 is 0 Å². The van der Waals surface area contributed by atoms with Gasteiger partial charge in [0.1, 0.15) is 6.10 Å². The third kappa shape index (κ3) is 4.41. The number of aliphatic hydroxyl groups is 1. The lowest BCUT2D eigenvalue weighted by Gasteiger charge is -2.33. The van der Waals surface area contributed by atoms with E-state index in [1.165, 1.54) is 11.8 Å². The van der Waals surface area contributed by atoms with E-state index in [-0.39, 0.29) is 18.4 Å². The topological polar surface area (TPSA) is 130 Å². The third-order valence-corrected chi connectivity index (χ3v) is 3.78. The van der Waals surface area contributed by atoms with Gasteiger partial charge in [0, 0.05) is 19.9 Å². The smallest absolute Gasteiger partial charge is 0.306 e. The Labute approximate surface area is 129 Å². The number of aliphatic hydroxyl groups excluding tert-OH is 1. The van der Waals surface area contributed by atoms with Gasteiger partial charge < -0.3 is 25.6 Å². The van der Waals surface area contributed by atoms with E-state index < -0.39 is 42.7 Å². The van der Waals surface area contributed by atoms with Crippen LogP contribution in [0.3, 0.4) is 0 Å². The Morgan fingerprint density at radius 3 is 2.41 bits per heavy atom. The zero-order valence-electron chi connectivity index (χ0n) is 13.1. The maximum absolute atomic E-state index is 12.4. The normalized spacial score (nSPS) is 24.2. The number of nitrogens with zero attached hydrogens (tertiary/aromatic N) is 1. The first-order valence-electron chi connectivity index (χ1n) is 7.28. The molecule has 22 heavy (non-hydrogen) atoms. The van der Waals surface area contributed by atoms with Gasteiger partial charge in [-0.2, -0.15) is 0 Å². The number of nitrogens with two attached hydrogens (primary N) is 1. The number of esters is 1. The van der Waals surface area contributed by atoms with Gasteiger partial charge in [0.05, 0.1) is 24.6 Å². The number of carboxylic acid groups (broad SMARTS) is 1. The highest BCUT2D eigenvalue weighted by atomic mass is 16.5. The number of hydrogen-bond donors (Lipinski definition) is 3. The van der Waals surface area contributed by atoms with Crippen LogP contribution in [0.15, 0.2) is 0 Å². The summed E-state index contributed by atoms with van der Waals surface area (Å²) in [6.45, 7) is 5.08. The van der Waals surface area contributed by atoms with E-state index in [1.54, 1.807) is 13.8 Å². The summed E-state index contributed by atoms with van der Waals surface area (Å²) in [5, 5.41) is 19.0. The minimum absolute atomic E-state index is 0.0995. The fraction of sp³-hybridized carbons (Fsp3) is 0.786. The maximum atomic E-state index is 12.4.